The molecule has 0 bridgehead atoms. The van der Waals surface area contributed by atoms with Gasteiger partial charge in [-0.05, 0) is 25.1 Å². The number of ether oxygens (including phenoxy) is 1. The van der Waals surface area contributed by atoms with E-state index in [4.69, 9.17) is 4.74 Å². The third-order valence-electron chi connectivity index (χ3n) is 4.13. The minimum Gasteiger partial charge on any atom is -0.457 e. The molecule has 0 aliphatic rings. The van der Waals surface area contributed by atoms with E-state index in [-0.39, 0.29) is 12.6 Å². The number of pyridine rings is 1. The van der Waals surface area contributed by atoms with E-state index in [1.165, 1.54) is 11.3 Å². The van der Waals surface area contributed by atoms with Crippen LogP contribution >= 0.6 is 11.3 Å². The van der Waals surface area contributed by atoms with Crippen LogP contribution in [0, 0.1) is 18.3 Å². The highest BCUT2D eigenvalue weighted by atomic mass is 32.1. The number of hydrogen-bond donors (Lipinski definition) is 0. The van der Waals surface area contributed by atoms with Crippen LogP contribution in [0.5, 0.6) is 0 Å². The van der Waals surface area contributed by atoms with Crippen LogP contribution in [0.25, 0.3) is 15.7 Å². The topological polar surface area (TPSA) is 72.3 Å². The third-order valence-corrected chi connectivity index (χ3v) is 5.31. The van der Waals surface area contributed by atoms with Gasteiger partial charge in [-0.2, -0.15) is 10.4 Å². The summed E-state index contributed by atoms with van der Waals surface area (Å²) in [5.41, 5.74) is 2.92. The predicted octanol–water partition coefficient (Wildman–Crippen LogP) is 3.42. The summed E-state index contributed by atoms with van der Waals surface area (Å²) < 4.78 is 9.06. The van der Waals surface area contributed by atoms with Gasteiger partial charge < -0.3 is 9.14 Å². The van der Waals surface area contributed by atoms with Crippen molar-refractivity contribution >= 4 is 33.0 Å². The third kappa shape index (κ3) is 2.47. The molecule has 0 amide bonds. The molecule has 0 spiro atoms. The summed E-state index contributed by atoms with van der Waals surface area (Å²) in [6.45, 7) is 1.98. The number of rotatable bonds is 3. The van der Waals surface area contributed by atoms with E-state index in [9.17, 15) is 10.1 Å². The monoisotopic (exact) mass is 350 g/mol. The Bertz CT molecular complexity index is 1120. The van der Waals surface area contributed by atoms with E-state index in [0.717, 1.165) is 21.4 Å². The lowest BCUT2D eigenvalue weighted by atomic mass is 10.2. The van der Waals surface area contributed by atoms with E-state index < -0.39 is 0 Å². The Kier molecular flexibility index (Phi) is 3.55. The maximum absolute atomic E-state index is 12.4. The van der Waals surface area contributed by atoms with Crippen molar-refractivity contribution in [1.82, 2.24) is 14.2 Å². The molecule has 4 heterocycles. The van der Waals surface area contributed by atoms with Crippen molar-refractivity contribution < 1.29 is 9.53 Å². The summed E-state index contributed by atoms with van der Waals surface area (Å²) in [6, 6.07) is 9.63. The zero-order chi connectivity index (χ0) is 17.6. The Morgan fingerprint density at radius 3 is 3.04 bits per heavy atom. The fraction of sp³-hybridized carbons (Fsp3) is 0.167. The van der Waals surface area contributed by atoms with Gasteiger partial charge in [0, 0.05) is 30.4 Å². The molecule has 25 heavy (non-hydrogen) atoms. The van der Waals surface area contributed by atoms with Gasteiger partial charge in [0.05, 0.1) is 16.8 Å². The lowest BCUT2D eigenvalue weighted by Crippen LogP contribution is -2.03. The fourth-order valence-corrected chi connectivity index (χ4v) is 3.95. The van der Waals surface area contributed by atoms with Gasteiger partial charge in [-0.15, -0.1) is 11.3 Å². The molecule has 0 N–H and O–H groups in total. The molecule has 4 aromatic heterocycles. The molecule has 0 saturated heterocycles. The summed E-state index contributed by atoms with van der Waals surface area (Å²) >= 11 is 1.36. The number of aromatic nitrogens is 3. The van der Waals surface area contributed by atoms with E-state index in [1.807, 2.05) is 55.0 Å². The fourth-order valence-electron chi connectivity index (χ4n) is 2.94. The quantitative estimate of drug-likeness (QED) is 0.531. The minimum absolute atomic E-state index is 0.0644. The molecular formula is C18H14N4O2S. The largest absolute Gasteiger partial charge is 0.457 e. The SMILES string of the molecule is Cc1nn(C)c2sc(C(=O)OCc3cn4ccccc4c3C#N)cc12. The Morgan fingerprint density at radius 2 is 2.28 bits per heavy atom. The standard InChI is InChI=1S/C18H14N4O2S/c1-11-13-7-16(25-17(13)21(2)20-11)18(23)24-10-12-9-22-6-4-3-5-15(22)14(12)8-19/h3-7,9H,10H2,1-2H3. The van der Waals surface area contributed by atoms with Gasteiger partial charge in [0.25, 0.3) is 0 Å². The lowest BCUT2D eigenvalue weighted by molar-refractivity contribution is 0.0478. The molecular weight excluding hydrogens is 336 g/mol. The molecule has 0 radical (unpaired) electrons. The smallest absolute Gasteiger partial charge is 0.348 e. The summed E-state index contributed by atoms with van der Waals surface area (Å²) in [5, 5.41) is 14.7. The van der Waals surface area contributed by atoms with Gasteiger partial charge in [-0.3, -0.25) is 4.68 Å². The maximum atomic E-state index is 12.4. The van der Waals surface area contributed by atoms with Gasteiger partial charge in [-0.1, -0.05) is 6.07 Å². The van der Waals surface area contributed by atoms with Crippen LogP contribution in [-0.2, 0) is 18.4 Å². The van der Waals surface area contributed by atoms with Gasteiger partial charge in [0.15, 0.2) is 0 Å². The average Bonchev–Trinajstić information content (AvgIpc) is 3.26. The molecule has 0 aliphatic carbocycles. The van der Waals surface area contributed by atoms with Gasteiger partial charge >= 0.3 is 5.97 Å². The number of aryl methyl sites for hydroxylation is 2. The Labute approximate surface area is 147 Å². The van der Waals surface area contributed by atoms with Gasteiger partial charge in [0.2, 0.25) is 0 Å². The Morgan fingerprint density at radius 1 is 1.44 bits per heavy atom. The second-order valence-electron chi connectivity index (χ2n) is 5.75. The predicted molar refractivity (Wildman–Crippen MR) is 94.6 cm³/mol. The molecule has 4 rings (SSSR count). The van der Waals surface area contributed by atoms with Crippen LogP contribution in [0.2, 0.25) is 0 Å². The van der Waals surface area contributed by atoms with Crippen molar-refractivity contribution in [3.63, 3.8) is 0 Å². The van der Waals surface area contributed by atoms with E-state index >= 15 is 0 Å². The molecule has 124 valence electrons. The van der Waals surface area contributed by atoms with Crippen molar-refractivity contribution in [3.8, 4) is 6.07 Å². The Hall–Kier alpha value is -3.11. The lowest BCUT2D eigenvalue weighted by Gasteiger charge is -2.01. The molecule has 0 atom stereocenters. The normalized spacial score (nSPS) is 11.1. The first-order chi connectivity index (χ1) is 12.1. The molecule has 6 nitrogen and oxygen atoms in total. The number of nitriles is 1. The highest BCUT2D eigenvalue weighted by Gasteiger charge is 2.17. The maximum Gasteiger partial charge on any atom is 0.348 e. The van der Waals surface area contributed by atoms with Gasteiger partial charge in [-0.25, -0.2) is 4.79 Å². The molecule has 0 fully saturated rings. The van der Waals surface area contributed by atoms with Crippen molar-refractivity contribution in [2.75, 3.05) is 0 Å². The van der Waals surface area contributed by atoms with Gasteiger partial charge in [0.1, 0.15) is 22.4 Å². The van der Waals surface area contributed by atoms with Crippen LogP contribution in [0.4, 0.5) is 0 Å². The van der Waals surface area contributed by atoms with E-state index in [2.05, 4.69) is 11.2 Å². The summed E-state index contributed by atoms with van der Waals surface area (Å²) in [4.78, 5) is 13.9. The first-order valence-corrected chi connectivity index (χ1v) is 8.49. The minimum atomic E-state index is -0.389. The summed E-state index contributed by atoms with van der Waals surface area (Å²) in [6.07, 6.45) is 3.68. The van der Waals surface area contributed by atoms with Crippen LogP contribution in [-0.4, -0.2) is 20.2 Å². The number of esters is 1. The van der Waals surface area contributed by atoms with Crippen molar-refractivity contribution in [2.45, 2.75) is 13.5 Å². The second-order valence-corrected chi connectivity index (χ2v) is 6.78. The zero-order valence-corrected chi connectivity index (χ0v) is 14.5. The van der Waals surface area contributed by atoms with Crippen molar-refractivity contribution in [1.29, 1.82) is 5.26 Å². The number of carbonyl (C=O) groups excluding carboxylic acids is 1. The molecule has 4 aromatic rings. The van der Waals surface area contributed by atoms with Crippen LogP contribution < -0.4 is 0 Å². The highest BCUT2D eigenvalue weighted by molar-refractivity contribution is 7.20. The number of thiophene rings is 1. The molecule has 0 saturated carbocycles. The van der Waals surface area contributed by atoms with Crippen LogP contribution in [0.3, 0.4) is 0 Å². The number of carbonyl (C=O) groups is 1. The van der Waals surface area contributed by atoms with Crippen LogP contribution in [0.1, 0.15) is 26.5 Å². The second kappa shape index (κ2) is 5.76. The molecule has 0 unspecified atom stereocenters. The molecule has 0 aromatic carbocycles. The Balaban J connectivity index is 1.59. The number of fused-ring (bicyclic) bond motifs is 2. The highest BCUT2D eigenvalue weighted by Crippen LogP contribution is 2.28. The van der Waals surface area contributed by atoms with Crippen molar-refractivity contribution in [3.05, 3.63) is 58.4 Å². The van der Waals surface area contributed by atoms with Crippen molar-refractivity contribution in [2.24, 2.45) is 7.05 Å². The van der Waals surface area contributed by atoms with E-state index in [0.29, 0.717) is 16.0 Å². The molecule has 7 heteroatoms. The number of nitrogens with zero attached hydrogens (tertiary/aromatic N) is 4. The summed E-state index contributed by atoms with van der Waals surface area (Å²) in [7, 11) is 1.85. The average molecular weight is 350 g/mol. The summed E-state index contributed by atoms with van der Waals surface area (Å²) in [5.74, 6) is -0.389. The first kappa shape index (κ1) is 15.4. The first-order valence-electron chi connectivity index (χ1n) is 7.67. The molecule has 0 aliphatic heterocycles. The zero-order valence-electron chi connectivity index (χ0n) is 13.7. The van der Waals surface area contributed by atoms with Crippen LogP contribution in [0.15, 0.2) is 36.7 Å². The van der Waals surface area contributed by atoms with E-state index in [1.54, 1.807) is 4.68 Å². The number of hydrogen-bond acceptors (Lipinski definition) is 5.